The summed E-state index contributed by atoms with van der Waals surface area (Å²) >= 11 is 0. The SMILES string of the molecule is CC1=CC[C@@]2([N+](=O)[O-])C(=O)Oc3ccccc3[C@H]2C1. The van der Waals surface area contributed by atoms with Gasteiger partial charge in [0.1, 0.15) is 5.75 Å². The highest BCUT2D eigenvalue weighted by atomic mass is 16.6. The summed E-state index contributed by atoms with van der Waals surface area (Å²) in [5, 5.41) is 11.5. The summed E-state index contributed by atoms with van der Waals surface area (Å²) in [6.45, 7) is 1.94. The number of nitro groups is 1. The summed E-state index contributed by atoms with van der Waals surface area (Å²) in [4.78, 5) is 23.2. The van der Waals surface area contributed by atoms with Gasteiger partial charge < -0.3 is 4.74 Å². The first-order chi connectivity index (χ1) is 9.05. The molecule has 0 amide bonds. The molecule has 0 fully saturated rings. The average molecular weight is 259 g/mol. The minimum atomic E-state index is -1.66. The molecule has 5 heteroatoms. The van der Waals surface area contributed by atoms with Crippen LogP contribution >= 0.6 is 0 Å². The van der Waals surface area contributed by atoms with Gasteiger partial charge in [0.15, 0.2) is 0 Å². The molecule has 0 radical (unpaired) electrons. The first-order valence-electron chi connectivity index (χ1n) is 6.17. The Balaban J connectivity index is 2.22. The molecule has 0 saturated heterocycles. The number of fused-ring (bicyclic) bond motifs is 3. The summed E-state index contributed by atoms with van der Waals surface area (Å²) in [6, 6.07) is 7.07. The van der Waals surface area contributed by atoms with Gasteiger partial charge in [-0.2, -0.15) is 0 Å². The minimum Gasteiger partial charge on any atom is -0.421 e. The predicted molar refractivity (Wildman–Crippen MR) is 67.5 cm³/mol. The van der Waals surface area contributed by atoms with E-state index in [1.54, 1.807) is 18.2 Å². The van der Waals surface area contributed by atoms with E-state index in [2.05, 4.69) is 0 Å². The number of rotatable bonds is 1. The number of carbonyl (C=O) groups is 1. The van der Waals surface area contributed by atoms with Crippen LogP contribution in [0, 0.1) is 10.1 Å². The number of nitrogens with zero attached hydrogens (tertiary/aromatic N) is 1. The lowest BCUT2D eigenvalue weighted by atomic mass is 9.69. The molecule has 0 N–H and O–H groups in total. The van der Waals surface area contributed by atoms with Gasteiger partial charge >= 0.3 is 11.5 Å². The fourth-order valence-electron chi connectivity index (χ4n) is 2.96. The fraction of sp³-hybridized carbons (Fsp3) is 0.357. The van der Waals surface area contributed by atoms with Crippen molar-refractivity contribution >= 4 is 5.97 Å². The molecule has 19 heavy (non-hydrogen) atoms. The lowest BCUT2D eigenvalue weighted by molar-refractivity contribution is -0.560. The third kappa shape index (κ3) is 1.51. The van der Waals surface area contributed by atoms with Crippen molar-refractivity contribution in [3.05, 3.63) is 51.6 Å². The van der Waals surface area contributed by atoms with Gasteiger partial charge in [-0.3, -0.25) is 10.1 Å². The molecule has 0 saturated carbocycles. The van der Waals surface area contributed by atoms with Crippen LogP contribution in [0.2, 0.25) is 0 Å². The lowest BCUT2D eigenvalue weighted by Gasteiger charge is -2.37. The molecular weight excluding hydrogens is 246 g/mol. The summed E-state index contributed by atoms with van der Waals surface area (Å²) < 4.78 is 5.19. The number of ether oxygens (including phenoxy) is 1. The van der Waals surface area contributed by atoms with Crippen LogP contribution in [0.4, 0.5) is 0 Å². The Labute approximate surface area is 110 Å². The molecule has 1 heterocycles. The van der Waals surface area contributed by atoms with E-state index >= 15 is 0 Å². The number of carbonyl (C=O) groups excluding carboxylic acids is 1. The highest BCUT2D eigenvalue weighted by Gasteiger charge is 2.62. The Hall–Kier alpha value is -2.17. The van der Waals surface area contributed by atoms with Crippen LogP contribution in [-0.4, -0.2) is 16.4 Å². The molecule has 1 aliphatic carbocycles. The number of para-hydroxylation sites is 1. The molecule has 0 unspecified atom stereocenters. The van der Waals surface area contributed by atoms with E-state index in [-0.39, 0.29) is 6.42 Å². The summed E-state index contributed by atoms with van der Waals surface area (Å²) in [5.74, 6) is -0.737. The third-order valence-corrected chi connectivity index (χ3v) is 4.04. The van der Waals surface area contributed by atoms with Crippen molar-refractivity contribution in [1.82, 2.24) is 0 Å². The summed E-state index contributed by atoms with van der Waals surface area (Å²) in [6.07, 6.45) is 2.39. The Morgan fingerprint density at radius 2 is 2.16 bits per heavy atom. The van der Waals surface area contributed by atoms with Gasteiger partial charge in [-0.1, -0.05) is 29.8 Å². The van der Waals surface area contributed by atoms with Crippen molar-refractivity contribution in [3.63, 3.8) is 0 Å². The molecule has 1 aromatic rings. The normalized spacial score (nSPS) is 28.8. The fourth-order valence-corrected chi connectivity index (χ4v) is 2.96. The number of hydrogen-bond acceptors (Lipinski definition) is 4. The van der Waals surface area contributed by atoms with E-state index in [9.17, 15) is 14.9 Å². The number of allylic oxidation sites excluding steroid dienone is 1. The second-order valence-electron chi connectivity index (χ2n) is 5.12. The van der Waals surface area contributed by atoms with E-state index in [0.29, 0.717) is 12.2 Å². The minimum absolute atomic E-state index is 0.101. The first kappa shape index (κ1) is 11.9. The Morgan fingerprint density at radius 1 is 1.42 bits per heavy atom. The molecule has 98 valence electrons. The maximum Gasteiger partial charge on any atom is 0.391 e. The molecule has 2 atom stereocenters. The second kappa shape index (κ2) is 3.91. The first-order valence-corrected chi connectivity index (χ1v) is 6.17. The zero-order chi connectivity index (χ0) is 13.6. The largest absolute Gasteiger partial charge is 0.421 e. The number of benzene rings is 1. The van der Waals surface area contributed by atoms with Crippen LogP contribution in [-0.2, 0) is 4.79 Å². The molecule has 3 rings (SSSR count). The molecule has 5 nitrogen and oxygen atoms in total. The van der Waals surface area contributed by atoms with E-state index in [1.807, 2.05) is 19.1 Å². The van der Waals surface area contributed by atoms with E-state index < -0.39 is 22.3 Å². The smallest absolute Gasteiger partial charge is 0.391 e. The number of esters is 1. The standard InChI is InChI=1S/C14H13NO4/c1-9-6-7-14(15(17)18)11(8-9)10-4-2-3-5-12(10)19-13(14)16/h2-6,11H,7-8H2,1H3/t11-,14+/m1/s1. The van der Waals surface area contributed by atoms with E-state index in [1.165, 1.54) is 0 Å². The molecule has 0 spiro atoms. The van der Waals surface area contributed by atoms with Crippen LogP contribution in [0.15, 0.2) is 35.9 Å². The van der Waals surface area contributed by atoms with E-state index in [4.69, 9.17) is 4.74 Å². The summed E-state index contributed by atoms with van der Waals surface area (Å²) in [7, 11) is 0. The molecule has 0 bridgehead atoms. The van der Waals surface area contributed by atoms with E-state index in [0.717, 1.165) is 11.1 Å². The average Bonchev–Trinajstić information content (AvgIpc) is 2.38. The molecular formula is C14H13NO4. The maximum absolute atomic E-state index is 12.2. The van der Waals surface area contributed by atoms with Crippen molar-refractivity contribution < 1.29 is 14.5 Å². The van der Waals surface area contributed by atoms with Gasteiger partial charge in [-0.05, 0) is 19.4 Å². The quantitative estimate of drug-likeness (QED) is 0.255. The van der Waals surface area contributed by atoms with Crippen LogP contribution < -0.4 is 4.74 Å². The van der Waals surface area contributed by atoms with Crippen LogP contribution in [0.5, 0.6) is 5.75 Å². The van der Waals surface area contributed by atoms with Crippen molar-refractivity contribution in [2.75, 3.05) is 0 Å². The molecule has 0 aromatic heterocycles. The van der Waals surface area contributed by atoms with Crippen molar-refractivity contribution in [2.24, 2.45) is 0 Å². The van der Waals surface area contributed by atoms with Gasteiger partial charge in [0.05, 0.1) is 5.92 Å². The molecule has 1 aliphatic heterocycles. The lowest BCUT2D eigenvalue weighted by Crippen LogP contribution is -2.56. The van der Waals surface area contributed by atoms with Crippen LogP contribution in [0.25, 0.3) is 0 Å². The van der Waals surface area contributed by atoms with Gasteiger partial charge in [0.25, 0.3) is 0 Å². The Kier molecular flexibility index (Phi) is 2.45. The van der Waals surface area contributed by atoms with Crippen LogP contribution in [0.1, 0.15) is 31.2 Å². The topological polar surface area (TPSA) is 69.4 Å². The number of hydrogen-bond donors (Lipinski definition) is 0. The maximum atomic E-state index is 12.2. The third-order valence-electron chi connectivity index (χ3n) is 4.04. The van der Waals surface area contributed by atoms with Gasteiger partial charge in [0.2, 0.25) is 0 Å². The van der Waals surface area contributed by atoms with Crippen molar-refractivity contribution in [3.8, 4) is 5.75 Å². The zero-order valence-corrected chi connectivity index (χ0v) is 10.5. The van der Waals surface area contributed by atoms with Crippen molar-refractivity contribution in [1.29, 1.82) is 0 Å². The summed E-state index contributed by atoms with van der Waals surface area (Å²) in [5.41, 5.74) is 0.173. The highest BCUT2D eigenvalue weighted by Crippen LogP contribution is 2.49. The van der Waals surface area contributed by atoms with Gasteiger partial charge in [-0.25, -0.2) is 4.79 Å². The molecule has 2 aliphatic rings. The highest BCUT2D eigenvalue weighted by molar-refractivity contribution is 5.86. The Bertz CT molecular complexity index is 607. The predicted octanol–water partition coefficient (Wildman–Crippen LogP) is 2.44. The van der Waals surface area contributed by atoms with Crippen molar-refractivity contribution in [2.45, 2.75) is 31.2 Å². The Morgan fingerprint density at radius 3 is 2.89 bits per heavy atom. The monoisotopic (exact) mass is 259 g/mol. The van der Waals surface area contributed by atoms with Crippen LogP contribution in [0.3, 0.4) is 0 Å². The molecule has 1 aromatic carbocycles. The van der Waals surface area contributed by atoms with Gasteiger partial charge in [0, 0.05) is 16.9 Å². The zero-order valence-electron chi connectivity index (χ0n) is 10.5. The van der Waals surface area contributed by atoms with Gasteiger partial charge in [-0.15, -0.1) is 0 Å². The second-order valence-corrected chi connectivity index (χ2v) is 5.12.